The highest BCUT2D eigenvalue weighted by atomic mass is 16.7. The van der Waals surface area contributed by atoms with Crippen molar-refractivity contribution >= 4 is 11.8 Å². The van der Waals surface area contributed by atoms with Crippen LogP contribution in [0.1, 0.15) is 19.3 Å². The minimum atomic E-state index is -0.791. The van der Waals surface area contributed by atoms with Crippen molar-refractivity contribution in [1.82, 2.24) is 4.90 Å². The van der Waals surface area contributed by atoms with Crippen molar-refractivity contribution in [1.29, 1.82) is 0 Å². The third-order valence-corrected chi connectivity index (χ3v) is 4.34. The standard InChI is InChI=1S/C16H18N2O5/c1-11-8-13-2-3-14(17(13)9-11)10-22-16(19)23-15-6-4-12(5-7-15)18(20)21/h4-7,13-14H,1-3,8-10H2/t13-,14-/m0/s1. The molecule has 1 aromatic carbocycles. The molecule has 0 N–H and O–H groups in total. The van der Waals surface area contributed by atoms with Crippen molar-refractivity contribution in [2.24, 2.45) is 0 Å². The van der Waals surface area contributed by atoms with Gasteiger partial charge in [0.05, 0.1) is 4.92 Å². The van der Waals surface area contributed by atoms with Gasteiger partial charge in [-0.25, -0.2) is 4.79 Å². The van der Waals surface area contributed by atoms with Gasteiger partial charge in [-0.2, -0.15) is 0 Å². The van der Waals surface area contributed by atoms with Crippen LogP contribution in [-0.4, -0.2) is 41.2 Å². The number of nitrogens with zero attached hydrogens (tertiary/aromatic N) is 2. The number of hydrogen-bond acceptors (Lipinski definition) is 6. The second-order valence-corrected chi connectivity index (χ2v) is 5.93. The number of nitro benzene ring substituents is 1. The summed E-state index contributed by atoms with van der Waals surface area (Å²) >= 11 is 0. The SMILES string of the molecule is C=C1C[C@@H]2CC[C@@H](COC(=O)Oc3ccc([N+](=O)[O-])cc3)N2C1. The van der Waals surface area contributed by atoms with E-state index in [1.165, 1.54) is 29.8 Å². The third kappa shape index (κ3) is 3.50. The second-order valence-electron chi connectivity index (χ2n) is 5.93. The van der Waals surface area contributed by atoms with Crippen LogP contribution in [0.15, 0.2) is 36.4 Å². The lowest BCUT2D eigenvalue weighted by molar-refractivity contribution is -0.384. The maximum Gasteiger partial charge on any atom is 0.513 e. The molecule has 0 aliphatic carbocycles. The van der Waals surface area contributed by atoms with Crippen molar-refractivity contribution in [2.45, 2.75) is 31.3 Å². The zero-order chi connectivity index (χ0) is 16.4. The maximum absolute atomic E-state index is 11.7. The molecule has 2 aliphatic rings. The van der Waals surface area contributed by atoms with Gasteiger partial charge in [-0.1, -0.05) is 12.2 Å². The largest absolute Gasteiger partial charge is 0.513 e. The topological polar surface area (TPSA) is 81.9 Å². The highest BCUT2D eigenvalue weighted by molar-refractivity contribution is 5.64. The number of non-ortho nitro benzene ring substituents is 1. The van der Waals surface area contributed by atoms with Crippen LogP contribution in [0.3, 0.4) is 0 Å². The van der Waals surface area contributed by atoms with E-state index >= 15 is 0 Å². The minimum absolute atomic E-state index is 0.0584. The number of rotatable bonds is 4. The molecule has 0 bridgehead atoms. The van der Waals surface area contributed by atoms with Gasteiger partial charge in [-0.15, -0.1) is 0 Å². The van der Waals surface area contributed by atoms with Crippen molar-refractivity contribution < 1.29 is 19.2 Å². The Bertz CT molecular complexity index is 628. The fourth-order valence-corrected chi connectivity index (χ4v) is 3.25. The van der Waals surface area contributed by atoms with E-state index in [4.69, 9.17) is 9.47 Å². The van der Waals surface area contributed by atoms with E-state index in [2.05, 4.69) is 11.5 Å². The van der Waals surface area contributed by atoms with Gasteiger partial charge in [-0.3, -0.25) is 15.0 Å². The molecule has 2 aliphatic heterocycles. The minimum Gasteiger partial charge on any atom is -0.432 e. The average molecular weight is 318 g/mol. The van der Waals surface area contributed by atoms with Gasteiger partial charge in [0.1, 0.15) is 12.4 Å². The lowest BCUT2D eigenvalue weighted by atomic mass is 10.1. The summed E-state index contributed by atoms with van der Waals surface area (Å²) in [4.78, 5) is 24.1. The molecular weight excluding hydrogens is 300 g/mol. The first-order valence-corrected chi connectivity index (χ1v) is 7.54. The van der Waals surface area contributed by atoms with Gasteiger partial charge >= 0.3 is 6.16 Å². The Morgan fingerprint density at radius 1 is 1.35 bits per heavy atom. The molecule has 0 aromatic heterocycles. The van der Waals surface area contributed by atoms with E-state index in [1.54, 1.807) is 0 Å². The van der Waals surface area contributed by atoms with Crippen LogP contribution >= 0.6 is 0 Å². The van der Waals surface area contributed by atoms with Crippen molar-refractivity contribution in [2.75, 3.05) is 13.2 Å². The number of hydrogen-bond donors (Lipinski definition) is 0. The van der Waals surface area contributed by atoms with E-state index in [0.29, 0.717) is 6.04 Å². The Morgan fingerprint density at radius 2 is 2.09 bits per heavy atom. The number of benzene rings is 1. The Morgan fingerprint density at radius 3 is 2.78 bits per heavy atom. The zero-order valence-corrected chi connectivity index (χ0v) is 12.6. The molecule has 0 spiro atoms. The van der Waals surface area contributed by atoms with E-state index in [9.17, 15) is 14.9 Å². The quantitative estimate of drug-likeness (QED) is 0.279. The van der Waals surface area contributed by atoms with Crippen LogP contribution in [0.2, 0.25) is 0 Å². The van der Waals surface area contributed by atoms with Crippen LogP contribution in [0.5, 0.6) is 5.75 Å². The molecule has 1 aromatic rings. The molecule has 122 valence electrons. The Balaban J connectivity index is 1.48. The van der Waals surface area contributed by atoms with Gasteiger partial charge in [0.15, 0.2) is 0 Å². The first kappa shape index (κ1) is 15.5. The summed E-state index contributed by atoms with van der Waals surface area (Å²) in [6, 6.07) is 6.04. The van der Waals surface area contributed by atoms with Crippen LogP contribution in [0, 0.1) is 10.1 Å². The summed E-state index contributed by atoms with van der Waals surface area (Å²) in [5.74, 6) is 0.222. The van der Waals surface area contributed by atoms with Gasteiger partial charge in [-0.05, 0) is 31.4 Å². The summed E-state index contributed by atoms with van der Waals surface area (Å²) < 4.78 is 10.2. The number of carbonyl (C=O) groups excluding carboxylic acids is 1. The number of carbonyl (C=O) groups is 1. The second kappa shape index (κ2) is 6.37. The van der Waals surface area contributed by atoms with Crippen LogP contribution in [-0.2, 0) is 4.74 Å². The molecule has 0 amide bonds. The van der Waals surface area contributed by atoms with Crippen LogP contribution in [0.4, 0.5) is 10.5 Å². The molecule has 2 fully saturated rings. The van der Waals surface area contributed by atoms with Crippen molar-refractivity contribution in [3.8, 4) is 5.75 Å². The molecule has 0 saturated carbocycles. The van der Waals surface area contributed by atoms with Crippen molar-refractivity contribution in [3.63, 3.8) is 0 Å². The predicted molar refractivity (Wildman–Crippen MR) is 82.3 cm³/mol. The molecule has 23 heavy (non-hydrogen) atoms. The third-order valence-electron chi connectivity index (χ3n) is 4.34. The normalized spacial score (nSPS) is 23.6. The summed E-state index contributed by atoms with van der Waals surface area (Å²) in [6.07, 6.45) is 2.34. The predicted octanol–water partition coefficient (Wildman–Crippen LogP) is 2.90. The summed E-state index contributed by atoms with van der Waals surface area (Å²) in [5, 5.41) is 10.6. The molecule has 0 unspecified atom stereocenters. The number of nitro groups is 1. The van der Waals surface area contributed by atoms with E-state index in [1.807, 2.05) is 0 Å². The van der Waals surface area contributed by atoms with Gasteiger partial charge < -0.3 is 9.47 Å². The first-order valence-electron chi connectivity index (χ1n) is 7.54. The van der Waals surface area contributed by atoms with E-state index in [0.717, 1.165) is 25.8 Å². The monoisotopic (exact) mass is 318 g/mol. The van der Waals surface area contributed by atoms with Gasteiger partial charge in [0.2, 0.25) is 0 Å². The van der Waals surface area contributed by atoms with Crippen LogP contribution < -0.4 is 4.74 Å². The summed E-state index contributed by atoms with van der Waals surface area (Å²) in [6.45, 7) is 5.18. The summed E-state index contributed by atoms with van der Waals surface area (Å²) in [7, 11) is 0. The fraction of sp³-hybridized carbons (Fsp3) is 0.438. The molecule has 3 rings (SSSR count). The van der Waals surface area contributed by atoms with Gasteiger partial charge in [0.25, 0.3) is 5.69 Å². The smallest absolute Gasteiger partial charge is 0.432 e. The Labute approximate surface area is 133 Å². The number of ether oxygens (including phenoxy) is 2. The molecule has 2 saturated heterocycles. The molecule has 2 heterocycles. The zero-order valence-electron chi connectivity index (χ0n) is 12.6. The lowest BCUT2D eigenvalue weighted by Gasteiger charge is -2.22. The molecular formula is C16H18N2O5. The highest BCUT2D eigenvalue weighted by Gasteiger charge is 2.38. The molecule has 7 nitrogen and oxygen atoms in total. The Hall–Kier alpha value is -2.41. The summed E-state index contributed by atoms with van der Waals surface area (Å²) in [5.41, 5.74) is 1.17. The molecule has 2 atom stereocenters. The lowest BCUT2D eigenvalue weighted by Crippen LogP contribution is -2.35. The Kier molecular flexibility index (Phi) is 4.29. The van der Waals surface area contributed by atoms with E-state index < -0.39 is 11.1 Å². The fourth-order valence-electron chi connectivity index (χ4n) is 3.25. The first-order chi connectivity index (χ1) is 11.0. The molecule has 7 heteroatoms. The van der Waals surface area contributed by atoms with Crippen molar-refractivity contribution in [3.05, 3.63) is 46.5 Å². The highest BCUT2D eigenvalue weighted by Crippen LogP contribution is 2.34. The van der Waals surface area contributed by atoms with Gasteiger partial charge in [0, 0.05) is 30.8 Å². The number of fused-ring (bicyclic) bond motifs is 1. The average Bonchev–Trinajstić information content (AvgIpc) is 3.05. The molecule has 0 radical (unpaired) electrons. The van der Waals surface area contributed by atoms with Crippen LogP contribution in [0.25, 0.3) is 0 Å². The van der Waals surface area contributed by atoms with E-state index in [-0.39, 0.29) is 24.1 Å². The maximum atomic E-state index is 11.7.